The van der Waals surface area contributed by atoms with Gasteiger partial charge in [0.1, 0.15) is 24.0 Å². The van der Waals surface area contributed by atoms with Gasteiger partial charge in [0.15, 0.2) is 0 Å². The molecule has 0 aliphatic rings. The van der Waals surface area contributed by atoms with Gasteiger partial charge in [-0.1, -0.05) is 31.8 Å². The number of benzene rings is 3. The first kappa shape index (κ1) is 21.8. The molecule has 2 heterocycles. The number of hydrogen-bond acceptors (Lipinski definition) is 1. The highest BCUT2D eigenvalue weighted by atomic mass is 28.3. The highest BCUT2D eigenvalue weighted by Gasteiger charge is 2.30. The number of rotatable bonds is 2. The molecule has 0 bridgehead atoms. The maximum absolute atomic E-state index is 14.4. The molecular formula is C29H31FNOSi+. The molecule has 4 heteroatoms. The van der Waals surface area contributed by atoms with Crippen molar-refractivity contribution in [3.05, 3.63) is 70.5 Å². The van der Waals surface area contributed by atoms with Gasteiger partial charge in [-0.15, -0.1) is 0 Å². The van der Waals surface area contributed by atoms with E-state index in [1.807, 2.05) is 6.07 Å². The van der Waals surface area contributed by atoms with Gasteiger partial charge in [-0.3, -0.25) is 0 Å². The van der Waals surface area contributed by atoms with Crippen molar-refractivity contribution in [3.8, 4) is 11.3 Å². The minimum absolute atomic E-state index is 0.232. The fourth-order valence-corrected chi connectivity index (χ4v) is 6.81. The average Bonchev–Trinajstić information content (AvgIpc) is 3.10. The molecular weight excluding hydrogens is 425 g/mol. The third kappa shape index (κ3) is 3.15. The molecule has 0 atom stereocenters. The van der Waals surface area contributed by atoms with Crippen LogP contribution in [0.3, 0.4) is 0 Å². The van der Waals surface area contributed by atoms with Gasteiger partial charge in [0.05, 0.1) is 13.6 Å². The van der Waals surface area contributed by atoms with Crippen LogP contribution in [-0.2, 0) is 7.05 Å². The standard InChI is InChI=1S/C29H31FNOSi/c1-16-10-9-11-21-25(33(6,7)8)15-24(31(5)27(16)21)26-18(3)17(2)14-22-20-12-13-23(30)19(4)28(20)32-29(22)26/h9-15H,1-8H3/q+1. The zero-order valence-electron chi connectivity index (χ0n) is 20.8. The monoisotopic (exact) mass is 456 g/mol. The van der Waals surface area contributed by atoms with Gasteiger partial charge in [-0.25, -0.2) is 4.39 Å². The summed E-state index contributed by atoms with van der Waals surface area (Å²) < 4.78 is 23.1. The molecule has 168 valence electrons. The Kier molecular flexibility index (Phi) is 4.80. The molecule has 0 aliphatic carbocycles. The molecule has 33 heavy (non-hydrogen) atoms. The van der Waals surface area contributed by atoms with Crippen molar-refractivity contribution in [2.24, 2.45) is 7.05 Å². The predicted molar refractivity (Wildman–Crippen MR) is 140 cm³/mol. The van der Waals surface area contributed by atoms with E-state index in [1.165, 1.54) is 32.8 Å². The molecule has 0 unspecified atom stereocenters. The largest absolute Gasteiger partial charge is 0.455 e. The first-order chi connectivity index (χ1) is 15.5. The van der Waals surface area contributed by atoms with E-state index < -0.39 is 8.07 Å². The molecule has 5 aromatic rings. The van der Waals surface area contributed by atoms with Gasteiger partial charge in [-0.05, 0) is 68.3 Å². The maximum atomic E-state index is 14.4. The lowest BCUT2D eigenvalue weighted by molar-refractivity contribution is -0.633. The van der Waals surface area contributed by atoms with Crippen LogP contribution in [0, 0.1) is 33.5 Å². The minimum atomic E-state index is -1.65. The molecule has 0 saturated carbocycles. The number of furan rings is 1. The Balaban J connectivity index is 2.01. The summed E-state index contributed by atoms with van der Waals surface area (Å²) in [4.78, 5) is 0. The van der Waals surface area contributed by atoms with Gasteiger partial charge >= 0.3 is 0 Å². The van der Waals surface area contributed by atoms with Crippen molar-refractivity contribution in [3.63, 3.8) is 0 Å². The van der Waals surface area contributed by atoms with E-state index in [-0.39, 0.29) is 5.82 Å². The lowest BCUT2D eigenvalue weighted by Gasteiger charge is -2.21. The van der Waals surface area contributed by atoms with Gasteiger partial charge in [0.25, 0.3) is 0 Å². The van der Waals surface area contributed by atoms with E-state index in [0.717, 1.165) is 27.6 Å². The number of aryl methyl sites for hydroxylation is 4. The Labute approximate surface area is 195 Å². The summed E-state index contributed by atoms with van der Waals surface area (Å²) in [6.45, 7) is 15.5. The number of nitrogens with zero attached hydrogens (tertiary/aromatic N) is 1. The zero-order chi connectivity index (χ0) is 23.8. The molecule has 0 radical (unpaired) electrons. The first-order valence-electron chi connectivity index (χ1n) is 11.6. The van der Waals surface area contributed by atoms with E-state index >= 15 is 0 Å². The SMILES string of the molecule is Cc1cc2c(oc3c(C)c(F)ccc32)c(-c2cc([Si](C)(C)C)c3cccc(C)c3[n+]2C)c1C. The second-order valence-electron chi connectivity index (χ2n) is 10.4. The first-order valence-corrected chi connectivity index (χ1v) is 15.1. The smallest absolute Gasteiger partial charge is 0.216 e. The quantitative estimate of drug-likeness (QED) is 0.204. The molecule has 0 fully saturated rings. The second-order valence-corrected chi connectivity index (χ2v) is 15.5. The Morgan fingerprint density at radius 1 is 0.788 bits per heavy atom. The number of hydrogen-bond donors (Lipinski definition) is 0. The Morgan fingerprint density at radius 2 is 1.52 bits per heavy atom. The van der Waals surface area contributed by atoms with Gasteiger partial charge in [-0.2, -0.15) is 4.57 Å². The van der Waals surface area contributed by atoms with Crippen LogP contribution in [0.4, 0.5) is 4.39 Å². The number of aromatic nitrogens is 1. The Morgan fingerprint density at radius 3 is 2.21 bits per heavy atom. The Hall–Kier alpha value is -2.98. The highest BCUT2D eigenvalue weighted by molar-refractivity contribution is 6.90. The summed E-state index contributed by atoms with van der Waals surface area (Å²) >= 11 is 0. The molecule has 5 rings (SSSR count). The van der Waals surface area contributed by atoms with Crippen LogP contribution >= 0.6 is 0 Å². The fraction of sp³-hybridized carbons (Fsp3) is 0.276. The van der Waals surface area contributed by atoms with E-state index in [1.54, 1.807) is 13.0 Å². The summed E-state index contributed by atoms with van der Waals surface area (Å²) in [5.41, 5.74) is 9.23. The average molecular weight is 457 g/mol. The van der Waals surface area contributed by atoms with Crippen LogP contribution < -0.4 is 9.75 Å². The molecule has 0 N–H and O–H groups in total. The van der Waals surface area contributed by atoms with Crippen LogP contribution in [0.1, 0.15) is 22.3 Å². The molecule has 2 nitrogen and oxygen atoms in total. The molecule has 0 saturated heterocycles. The van der Waals surface area contributed by atoms with Crippen molar-refractivity contribution in [2.75, 3.05) is 0 Å². The number of pyridine rings is 1. The van der Waals surface area contributed by atoms with Crippen molar-refractivity contribution >= 4 is 46.1 Å². The summed E-state index contributed by atoms with van der Waals surface area (Å²) in [5, 5.41) is 4.80. The zero-order valence-corrected chi connectivity index (χ0v) is 21.8. The van der Waals surface area contributed by atoms with Crippen molar-refractivity contribution in [2.45, 2.75) is 47.3 Å². The topological polar surface area (TPSA) is 17.0 Å². The Bertz CT molecular complexity index is 1600. The number of fused-ring (bicyclic) bond motifs is 4. The van der Waals surface area contributed by atoms with Crippen molar-refractivity contribution in [1.29, 1.82) is 0 Å². The predicted octanol–water partition coefficient (Wildman–Crippen LogP) is 7.15. The van der Waals surface area contributed by atoms with E-state index in [0.29, 0.717) is 11.1 Å². The van der Waals surface area contributed by atoms with Crippen LogP contribution in [0.2, 0.25) is 19.6 Å². The summed E-state index contributed by atoms with van der Waals surface area (Å²) in [6.07, 6.45) is 0. The van der Waals surface area contributed by atoms with Crippen LogP contribution in [0.5, 0.6) is 0 Å². The van der Waals surface area contributed by atoms with Gasteiger partial charge < -0.3 is 4.42 Å². The molecule has 2 aromatic heterocycles. The van der Waals surface area contributed by atoms with Gasteiger partial charge in [0, 0.05) is 33.4 Å². The molecule has 0 aliphatic heterocycles. The summed E-state index contributed by atoms with van der Waals surface area (Å²) in [7, 11) is 0.505. The van der Waals surface area contributed by atoms with E-state index in [4.69, 9.17) is 4.42 Å². The van der Waals surface area contributed by atoms with Crippen LogP contribution in [0.25, 0.3) is 44.1 Å². The second kappa shape index (κ2) is 7.26. The molecule has 3 aromatic carbocycles. The van der Waals surface area contributed by atoms with Crippen LogP contribution in [0.15, 0.2) is 46.9 Å². The third-order valence-corrected chi connectivity index (χ3v) is 9.23. The van der Waals surface area contributed by atoms with E-state index in [2.05, 4.69) is 82.4 Å². The lowest BCUT2D eigenvalue weighted by Crippen LogP contribution is -2.43. The number of halogens is 1. The maximum Gasteiger partial charge on any atom is 0.216 e. The minimum Gasteiger partial charge on any atom is -0.455 e. The third-order valence-electron chi connectivity index (χ3n) is 7.20. The van der Waals surface area contributed by atoms with Crippen molar-refractivity contribution in [1.82, 2.24) is 0 Å². The lowest BCUT2D eigenvalue weighted by atomic mass is 9.95. The van der Waals surface area contributed by atoms with Crippen LogP contribution in [-0.4, -0.2) is 8.07 Å². The normalized spacial score (nSPS) is 12.4. The molecule has 0 spiro atoms. The summed E-state index contributed by atoms with van der Waals surface area (Å²) in [5.74, 6) is -0.232. The highest BCUT2D eigenvalue weighted by Crippen LogP contribution is 2.40. The summed E-state index contributed by atoms with van der Waals surface area (Å²) in [6, 6.07) is 14.6. The fourth-order valence-electron chi connectivity index (χ4n) is 5.23. The van der Waals surface area contributed by atoms with Crippen molar-refractivity contribution < 1.29 is 13.4 Å². The number of para-hydroxylation sites is 1. The van der Waals surface area contributed by atoms with E-state index in [9.17, 15) is 4.39 Å². The van der Waals surface area contributed by atoms with Gasteiger partial charge in [0.2, 0.25) is 11.2 Å². The molecule has 0 amide bonds.